The van der Waals surface area contributed by atoms with Gasteiger partial charge in [-0.3, -0.25) is 14.6 Å². The third-order valence-electron chi connectivity index (χ3n) is 3.42. The first-order valence-corrected chi connectivity index (χ1v) is 7.23. The molecule has 0 aliphatic carbocycles. The van der Waals surface area contributed by atoms with Gasteiger partial charge in [-0.05, 0) is 37.3 Å². The van der Waals surface area contributed by atoms with E-state index in [0.717, 1.165) is 11.3 Å². The molecule has 0 atom stereocenters. The first-order chi connectivity index (χ1) is 11.6. The van der Waals surface area contributed by atoms with Gasteiger partial charge in [-0.2, -0.15) is 15.3 Å². The SMILES string of the molecule is Cc1ccnn1CC(=O)N/N=C/c1cn[nH]c1-c1ccc(F)cc1. The molecule has 8 heteroatoms. The van der Waals surface area contributed by atoms with Gasteiger partial charge in [0.05, 0.1) is 18.1 Å². The molecule has 0 saturated heterocycles. The Hall–Kier alpha value is -3.29. The maximum absolute atomic E-state index is 13.0. The monoisotopic (exact) mass is 326 g/mol. The zero-order valence-corrected chi connectivity index (χ0v) is 12.9. The number of aromatic nitrogens is 4. The first-order valence-electron chi connectivity index (χ1n) is 7.23. The molecule has 0 spiro atoms. The number of rotatable bonds is 5. The first kappa shape index (κ1) is 15.6. The Kier molecular flexibility index (Phi) is 4.46. The zero-order chi connectivity index (χ0) is 16.9. The molecule has 2 heterocycles. The third kappa shape index (κ3) is 3.54. The number of aryl methyl sites for hydroxylation is 1. The Morgan fingerprint density at radius 2 is 2.17 bits per heavy atom. The van der Waals surface area contributed by atoms with Crippen molar-refractivity contribution in [1.29, 1.82) is 0 Å². The summed E-state index contributed by atoms with van der Waals surface area (Å²) in [5, 5.41) is 14.7. The van der Waals surface area contributed by atoms with Gasteiger partial charge < -0.3 is 0 Å². The van der Waals surface area contributed by atoms with Crippen LogP contribution in [0.25, 0.3) is 11.3 Å². The van der Waals surface area contributed by atoms with E-state index in [1.165, 1.54) is 18.3 Å². The van der Waals surface area contributed by atoms with Gasteiger partial charge >= 0.3 is 0 Å². The van der Waals surface area contributed by atoms with Crippen molar-refractivity contribution in [3.63, 3.8) is 0 Å². The van der Waals surface area contributed by atoms with E-state index in [2.05, 4.69) is 25.8 Å². The minimum absolute atomic E-state index is 0.0897. The van der Waals surface area contributed by atoms with Crippen molar-refractivity contribution in [1.82, 2.24) is 25.4 Å². The predicted octanol–water partition coefficient (Wildman–Crippen LogP) is 1.87. The molecule has 1 aromatic carbocycles. The van der Waals surface area contributed by atoms with Gasteiger partial charge in [-0.1, -0.05) is 0 Å². The van der Waals surface area contributed by atoms with Crippen LogP contribution in [0.15, 0.2) is 47.8 Å². The van der Waals surface area contributed by atoms with E-state index in [0.29, 0.717) is 11.3 Å². The second-order valence-corrected chi connectivity index (χ2v) is 5.13. The number of hydrazone groups is 1. The molecule has 0 saturated carbocycles. The second-order valence-electron chi connectivity index (χ2n) is 5.13. The topological polar surface area (TPSA) is 88.0 Å². The summed E-state index contributed by atoms with van der Waals surface area (Å²) in [6.45, 7) is 1.95. The highest BCUT2D eigenvalue weighted by atomic mass is 19.1. The largest absolute Gasteiger partial charge is 0.277 e. The lowest BCUT2D eigenvalue weighted by atomic mass is 10.1. The van der Waals surface area contributed by atoms with Crippen LogP contribution < -0.4 is 5.43 Å². The van der Waals surface area contributed by atoms with Crippen molar-refractivity contribution in [3.8, 4) is 11.3 Å². The molecule has 0 aliphatic heterocycles. The zero-order valence-electron chi connectivity index (χ0n) is 12.9. The van der Waals surface area contributed by atoms with Crippen molar-refractivity contribution in [2.24, 2.45) is 5.10 Å². The average molecular weight is 326 g/mol. The van der Waals surface area contributed by atoms with Crippen molar-refractivity contribution in [2.45, 2.75) is 13.5 Å². The highest BCUT2D eigenvalue weighted by molar-refractivity contribution is 5.89. The summed E-state index contributed by atoms with van der Waals surface area (Å²) in [7, 11) is 0. The number of carbonyl (C=O) groups excluding carboxylic acids is 1. The fourth-order valence-corrected chi connectivity index (χ4v) is 2.15. The highest BCUT2D eigenvalue weighted by Gasteiger charge is 2.07. The van der Waals surface area contributed by atoms with Crippen LogP contribution in [0.3, 0.4) is 0 Å². The van der Waals surface area contributed by atoms with Crippen LogP contribution in [0.5, 0.6) is 0 Å². The van der Waals surface area contributed by atoms with Gasteiger partial charge in [0.25, 0.3) is 5.91 Å². The summed E-state index contributed by atoms with van der Waals surface area (Å²) in [4.78, 5) is 11.8. The molecule has 2 aromatic heterocycles. The molecule has 0 aliphatic rings. The molecule has 0 radical (unpaired) electrons. The number of halogens is 1. The van der Waals surface area contributed by atoms with Gasteiger partial charge in [0.15, 0.2) is 0 Å². The molecule has 3 aromatic rings. The summed E-state index contributed by atoms with van der Waals surface area (Å²) < 4.78 is 14.6. The van der Waals surface area contributed by atoms with Crippen LogP contribution in [0.1, 0.15) is 11.3 Å². The summed E-state index contributed by atoms with van der Waals surface area (Å²) in [5.41, 5.74) is 5.47. The van der Waals surface area contributed by atoms with Gasteiger partial charge in [0.2, 0.25) is 0 Å². The van der Waals surface area contributed by atoms with Crippen LogP contribution in [0.4, 0.5) is 4.39 Å². The summed E-state index contributed by atoms with van der Waals surface area (Å²) >= 11 is 0. The lowest BCUT2D eigenvalue weighted by Gasteiger charge is -2.03. The summed E-state index contributed by atoms with van der Waals surface area (Å²) in [6, 6.07) is 7.83. The third-order valence-corrected chi connectivity index (χ3v) is 3.42. The molecule has 0 bridgehead atoms. The minimum Gasteiger partial charge on any atom is -0.277 e. The molecule has 0 fully saturated rings. The molecule has 1 amide bonds. The molecule has 24 heavy (non-hydrogen) atoms. The van der Waals surface area contributed by atoms with Crippen molar-refractivity contribution >= 4 is 12.1 Å². The number of amides is 1. The Morgan fingerprint density at radius 1 is 1.38 bits per heavy atom. The average Bonchev–Trinajstić information content (AvgIpc) is 3.18. The molecule has 0 unspecified atom stereocenters. The van der Waals surface area contributed by atoms with Crippen LogP contribution >= 0.6 is 0 Å². The number of hydrogen-bond donors (Lipinski definition) is 2. The van der Waals surface area contributed by atoms with Crippen LogP contribution in [-0.2, 0) is 11.3 Å². The number of benzene rings is 1. The van der Waals surface area contributed by atoms with E-state index in [4.69, 9.17) is 0 Å². The highest BCUT2D eigenvalue weighted by Crippen LogP contribution is 2.19. The van der Waals surface area contributed by atoms with E-state index < -0.39 is 0 Å². The quantitative estimate of drug-likeness (QED) is 0.554. The molecular formula is C16H15FN6O. The van der Waals surface area contributed by atoms with Crippen LogP contribution in [-0.4, -0.2) is 32.1 Å². The van der Waals surface area contributed by atoms with Crippen molar-refractivity contribution in [2.75, 3.05) is 0 Å². The van der Waals surface area contributed by atoms with Crippen molar-refractivity contribution in [3.05, 3.63) is 59.8 Å². The maximum atomic E-state index is 13.0. The maximum Gasteiger partial charge on any atom is 0.261 e. The second kappa shape index (κ2) is 6.86. The van der Waals surface area contributed by atoms with E-state index in [1.54, 1.807) is 29.2 Å². The van der Waals surface area contributed by atoms with Crippen molar-refractivity contribution < 1.29 is 9.18 Å². The Balaban J connectivity index is 1.65. The van der Waals surface area contributed by atoms with Gasteiger partial charge in [0.1, 0.15) is 12.4 Å². The minimum atomic E-state index is -0.310. The normalized spacial score (nSPS) is 11.1. The number of aromatic amines is 1. The lowest BCUT2D eigenvalue weighted by Crippen LogP contribution is -2.24. The fourth-order valence-electron chi connectivity index (χ4n) is 2.15. The van der Waals surface area contributed by atoms with Crippen LogP contribution in [0, 0.1) is 12.7 Å². The smallest absolute Gasteiger partial charge is 0.261 e. The van der Waals surface area contributed by atoms with E-state index >= 15 is 0 Å². The molecule has 3 rings (SSSR count). The van der Waals surface area contributed by atoms with Gasteiger partial charge in [-0.25, -0.2) is 9.82 Å². The van der Waals surface area contributed by atoms with Gasteiger partial charge in [0, 0.05) is 23.0 Å². The van der Waals surface area contributed by atoms with E-state index in [9.17, 15) is 9.18 Å². The van der Waals surface area contributed by atoms with E-state index in [1.807, 2.05) is 13.0 Å². The molecule has 2 N–H and O–H groups in total. The predicted molar refractivity (Wildman–Crippen MR) is 86.7 cm³/mol. The summed E-state index contributed by atoms with van der Waals surface area (Å²) in [5.74, 6) is -0.598. The number of carbonyl (C=O) groups is 1. The summed E-state index contributed by atoms with van der Waals surface area (Å²) in [6.07, 6.45) is 4.69. The standard InChI is InChI=1S/C16H15FN6O/c1-11-6-7-20-23(11)10-15(24)21-18-8-13-9-19-22-16(13)12-2-4-14(17)5-3-12/h2-9H,10H2,1H3,(H,19,22)(H,21,24)/b18-8+. The fraction of sp³-hybridized carbons (Fsp3) is 0.125. The van der Waals surface area contributed by atoms with E-state index in [-0.39, 0.29) is 18.3 Å². The van der Waals surface area contributed by atoms with Gasteiger partial charge in [-0.15, -0.1) is 0 Å². The van der Waals surface area contributed by atoms with Crippen LogP contribution in [0.2, 0.25) is 0 Å². The Morgan fingerprint density at radius 3 is 2.88 bits per heavy atom. The number of H-pyrrole nitrogens is 1. The lowest BCUT2D eigenvalue weighted by molar-refractivity contribution is -0.121. The molecule has 7 nitrogen and oxygen atoms in total. The number of nitrogens with zero attached hydrogens (tertiary/aromatic N) is 4. The Bertz CT molecular complexity index is 865. The molecule has 122 valence electrons. The molecular weight excluding hydrogens is 311 g/mol. The number of hydrogen-bond acceptors (Lipinski definition) is 4. The Labute approximate surface area is 137 Å². The number of nitrogens with one attached hydrogen (secondary N) is 2.